The van der Waals surface area contributed by atoms with E-state index in [9.17, 15) is 14.7 Å². The van der Waals surface area contributed by atoms with Crippen molar-refractivity contribution in [1.29, 1.82) is 0 Å². The van der Waals surface area contributed by atoms with Gasteiger partial charge in [0.15, 0.2) is 0 Å². The third kappa shape index (κ3) is 2.75. The van der Waals surface area contributed by atoms with Crippen molar-refractivity contribution in [3.63, 3.8) is 0 Å². The quantitative estimate of drug-likeness (QED) is 0.771. The van der Waals surface area contributed by atoms with Gasteiger partial charge in [0.2, 0.25) is 5.91 Å². The SMILES string of the molecule is O=C1CCOc2ccc(C(NC3CC3)C(=O)O)cc2N1. The summed E-state index contributed by atoms with van der Waals surface area (Å²) in [7, 11) is 0. The summed E-state index contributed by atoms with van der Waals surface area (Å²) in [6.45, 7) is 0.334. The number of fused-ring (bicyclic) bond motifs is 1. The lowest BCUT2D eigenvalue weighted by Gasteiger charge is -2.16. The minimum atomic E-state index is -0.919. The molecule has 106 valence electrons. The maximum absolute atomic E-state index is 11.5. The first-order valence-corrected chi connectivity index (χ1v) is 6.69. The zero-order valence-electron chi connectivity index (χ0n) is 10.9. The Kier molecular flexibility index (Phi) is 3.31. The second kappa shape index (κ2) is 5.13. The van der Waals surface area contributed by atoms with Gasteiger partial charge in [0.05, 0.1) is 18.7 Å². The summed E-state index contributed by atoms with van der Waals surface area (Å²) in [4.78, 5) is 22.9. The predicted molar refractivity (Wildman–Crippen MR) is 71.7 cm³/mol. The summed E-state index contributed by atoms with van der Waals surface area (Å²) in [6.07, 6.45) is 2.32. The standard InChI is InChI=1S/C14H16N2O4/c17-12-5-6-20-11-4-1-8(7-10(11)16-12)13(14(18)19)15-9-2-3-9/h1,4,7,9,13,15H,2-3,5-6H2,(H,16,17)(H,18,19). The molecule has 6 heteroatoms. The van der Waals surface area contributed by atoms with Gasteiger partial charge in [-0.2, -0.15) is 0 Å². The third-order valence-electron chi connectivity index (χ3n) is 3.42. The van der Waals surface area contributed by atoms with E-state index in [4.69, 9.17) is 4.74 Å². The van der Waals surface area contributed by atoms with Crippen molar-refractivity contribution in [1.82, 2.24) is 5.32 Å². The van der Waals surface area contributed by atoms with Crippen LogP contribution in [0.2, 0.25) is 0 Å². The predicted octanol–water partition coefficient (Wildman–Crippen LogP) is 1.29. The Balaban J connectivity index is 1.88. The monoisotopic (exact) mass is 276 g/mol. The summed E-state index contributed by atoms with van der Waals surface area (Å²) in [6, 6.07) is 4.63. The largest absolute Gasteiger partial charge is 0.491 e. The second-order valence-electron chi connectivity index (χ2n) is 5.11. The average Bonchev–Trinajstić information content (AvgIpc) is 3.21. The number of nitrogens with one attached hydrogen (secondary N) is 2. The van der Waals surface area contributed by atoms with Crippen molar-refractivity contribution < 1.29 is 19.4 Å². The number of carbonyl (C=O) groups excluding carboxylic acids is 1. The van der Waals surface area contributed by atoms with Crippen LogP contribution < -0.4 is 15.4 Å². The summed E-state index contributed by atoms with van der Waals surface area (Å²) in [5.74, 6) is -0.462. The lowest BCUT2D eigenvalue weighted by molar-refractivity contribution is -0.139. The van der Waals surface area contributed by atoms with E-state index < -0.39 is 12.0 Å². The van der Waals surface area contributed by atoms with Gasteiger partial charge in [0.25, 0.3) is 0 Å². The van der Waals surface area contributed by atoms with E-state index in [1.54, 1.807) is 18.2 Å². The molecule has 1 heterocycles. The molecule has 0 bridgehead atoms. The van der Waals surface area contributed by atoms with E-state index >= 15 is 0 Å². The molecule has 0 aromatic heterocycles. The number of aliphatic carboxylic acids is 1. The van der Waals surface area contributed by atoms with E-state index in [1.165, 1.54) is 0 Å². The molecule has 1 amide bonds. The van der Waals surface area contributed by atoms with Crippen molar-refractivity contribution in [3.05, 3.63) is 23.8 Å². The van der Waals surface area contributed by atoms with Gasteiger partial charge < -0.3 is 15.2 Å². The molecule has 6 nitrogen and oxygen atoms in total. The smallest absolute Gasteiger partial charge is 0.325 e. The highest BCUT2D eigenvalue weighted by Gasteiger charge is 2.30. The number of ether oxygens (including phenoxy) is 1. The molecule has 2 aliphatic rings. The van der Waals surface area contributed by atoms with Crippen LogP contribution in [-0.4, -0.2) is 29.6 Å². The van der Waals surface area contributed by atoms with Crippen molar-refractivity contribution in [3.8, 4) is 5.75 Å². The lowest BCUT2D eigenvalue weighted by Crippen LogP contribution is -2.30. The highest BCUT2D eigenvalue weighted by atomic mass is 16.5. The molecule has 0 saturated heterocycles. The van der Waals surface area contributed by atoms with E-state index in [0.29, 0.717) is 30.0 Å². The van der Waals surface area contributed by atoms with Gasteiger partial charge in [-0.05, 0) is 30.5 Å². The molecule has 1 saturated carbocycles. The van der Waals surface area contributed by atoms with Gasteiger partial charge in [0.1, 0.15) is 11.8 Å². The van der Waals surface area contributed by atoms with Crippen LogP contribution in [0.1, 0.15) is 30.9 Å². The minimum Gasteiger partial charge on any atom is -0.491 e. The molecule has 1 aliphatic heterocycles. The van der Waals surface area contributed by atoms with Gasteiger partial charge in [0, 0.05) is 6.04 Å². The Morgan fingerprint density at radius 3 is 2.95 bits per heavy atom. The van der Waals surface area contributed by atoms with E-state index in [1.807, 2.05) is 0 Å². The van der Waals surface area contributed by atoms with Gasteiger partial charge in [-0.15, -0.1) is 0 Å². The van der Waals surface area contributed by atoms with Crippen LogP contribution in [0.25, 0.3) is 0 Å². The molecule has 1 unspecified atom stereocenters. The van der Waals surface area contributed by atoms with Crippen molar-refractivity contribution in [2.24, 2.45) is 0 Å². The topological polar surface area (TPSA) is 87.7 Å². The van der Waals surface area contributed by atoms with Crippen molar-refractivity contribution in [2.75, 3.05) is 11.9 Å². The molecule has 0 radical (unpaired) electrons. The maximum atomic E-state index is 11.5. The molecule has 1 aromatic rings. The van der Waals surface area contributed by atoms with Crippen LogP contribution >= 0.6 is 0 Å². The summed E-state index contributed by atoms with van der Waals surface area (Å²) < 4.78 is 5.46. The average molecular weight is 276 g/mol. The van der Waals surface area contributed by atoms with Gasteiger partial charge in [-0.25, -0.2) is 0 Å². The minimum absolute atomic E-state index is 0.122. The molecule has 1 aliphatic carbocycles. The van der Waals surface area contributed by atoms with Crippen molar-refractivity contribution in [2.45, 2.75) is 31.3 Å². The molecule has 3 rings (SSSR count). The Hall–Kier alpha value is -2.08. The molecule has 1 fully saturated rings. The Labute approximate surface area is 116 Å². The number of hydrogen-bond acceptors (Lipinski definition) is 4. The summed E-state index contributed by atoms with van der Waals surface area (Å²) >= 11 is 0. The van der Waals surface area contributed by atoms with Crippen LogP contribution in [0.15, 0.2) is 18.2 Å². The van der Waals surface area contributed by atoms with E-state index in [-0.39, 0.29) is 11.9 Å². The molecule has 1 aromatic carbocycles. The summed E-state index contributed by atoms with van der Waals surface area (Å²) in [5, 5.41) is 15.2. The number of amides is 1. The zero-order chi connectivity index (χ0) is 14.1. The number of rotatable bonds is 4. The van der Waals surface area contributed by atoms with Gasteiger partial charge >= 0.3 is 5.97 Å². The second-order valence-corrected chi connectivity index (χ2v) is 5.11. The molecule has 3 N–H and O–H groups in total. The molecular formula is C14H16N2O4. The van der Waals surface area contributed by atoms with Gasteiger partial charge in [-0.1, -0.05) is 6.07 Å². The highest BCUT2D eigenvalue weighted by Crippen LogP contribution is 2.31. The van der Waals surface area contributed by atoms with Crippen LogP contribution in [0.5, 0.6) is 5.75 Å². The molecule has 1 atom stereocenters. The highest BCUT2D eigenvalue weighted by molar-refractivity contribution is 5.93. The first-order chi connectivity index (χ1) is 9.63. The Morgan fingerprint density at radius 1 is 1.45 bits per heavy atom. The fraction of sp³-hybridized carbons (Fsp3) is 0.429. The zero-order valence-corrected chi connectivity index (χ0v) is 10.9. The van der Waals surface area contributed by atoms with Crippen LogP contribution in [-0.2, 0) is 9.59 Å². The fourth-order valence-electron chi connectivity index (χ4n) is 2.21. The normalized spacial score (nSPS) is 19.3. The Morgan fingerprint density at radius 2 is 2.25 bits per heavy atom. The summed E-state index contributed by atoms with van der Waals surface area (Å²) in [5.41, 5.74) is 1.16. The first-order valence-electron chi connectivity index (χ1n) is 6.69. The number of benzene rings is 1. The van der Waals surface area contributed by atoms with E-state index in [2.05, 4.69) is 10.6 Å². The third-order valence-corrected chi connectivity index (χ3v) is 3.42. The molecule has 20 heavy (non-hydrogen) atoms. The number of hydrogen-bond donors (Lipinski definition) is 3. The molecular weight excluding hydrogens is 260 g/mol. The number of carboxylic acid groups (broad SMARTS) is 1. The van der Waals surface area contributed by atoms with Gasteiger partial charge in [-0.3, -0.25) is 14.9 Å². The van der Waals surface area contributed by atoms with Crippen LogP contribution in [0.4, 0.5) is 5.69 Å². The maximum Gasteiger partial charge on any atom is 0.325 e. The number of carboxylic acids is 1. The fourth-order valence-corrected chi connectivity index (χ4v) is 2.21. The lowest BCUT2D eigenvalue weighted by atomic mass is 10.1. The molecule has 0 spiro atoms. The van der Waals surface area contributed by atoms with E-state index in [0.717, 1.165) is 12.8 Å². The number of carbonyl (C=O) groups is 2. The Bertz CT molecular complexity index is 554. The van der Waals surface area contributed by atoms with Crippen molar-refractivity contribution >= 4 is 17.6 Å². The van der Waals surface area contributed by atoms with Crippen LogP contribution in [0, 0.1) is 0 Å². The van der Waals surface area contributed by atoms with Crippen LogP contribution in [0.3, 0.4) is 0 Å². The number of anilines is 1. The first kappa shape index (κ1) is 12.9.